The molecule has 1 aliphatic heterocycles. The highest BCUT2D eigenvalue weighted by Crippen LogP contribution is 2.41. The van der Waals surface area contributed by atoms with Crippen molar-refractivity contribution in [3.63, 3.8) is 0 Å². The van der Waals surface area contributed by atoms with Crippen LogP contribution in [-0.4, -0.2) is 93.4 Å². The number of amides is 1. The molecule has 14 heteroatoms. The molecule has 12 nitrogen and oxygen atoms in total. The van der Waals surface area contributed by atoms with E-state index >= 15 is 0 Å². The van der Waals surface area contributed by atoms with Crippen LogP contribution >= 0.6 is 23.2 Å². The molecule has 5 rings (SSSR count). The summed E-state index contributed by atoms with van der Waals surface area (Å²) in [4.78, 5) is 27.2. The minimum Gasteiger partial charge on any atom is -0.497 e. The Morgan fingerprint density at radius 3 is 2.23 bits per heavy atom. The summed E-state index contributed by atoms with van der Waals surface area (Å²) in [5.41, 5.74) is 0.844. The average Bonchev–Trinajstić information content (AvgIpc) is 3.09. The lowest BCUT2D eigenvalue weighted by molar-refractivity contribution is 0.102. The number of halogens is 2. The Morgan fingerprint density at radius 2 is 1.56 bits per heavy atom. The molecule has 0 bridgehead atoms. The quantitative estimate of drug-likeness (QED) is 0.139. The number of aromatic nitrogens is 2. The van der Waals surface area contributed by atoms with E-state index in [4.69, 9.17) is 46.9 Å². The van der Waals surface area contributed by atoms with Crippen molar-refractivity contribution in [2.24, 2.45) is 0 Å². The summed E-state index contributed by atoms with van der Waals surface area (Å²) in [6, 6.07) is 15.3. The van der Waals surface area contributed by atoms with E-state index in [0.717, 1.165) is 39.1 Å². The minimum absolute atomic E-state index is 0.0272. The predicted molar refractivity (Wildman–Crippen MR) is 186 cm³/mol. The van der Waals surface area contributed by atoms with Gasteiger partial charge >= 0.3 is 0 Å². The smallest absolute Gasteiger partial charge is 0.262 e. The van der Waals surface area contributed by atoms with Crippen molar-refractivity contribution in [2.75, 3.05) is 78.3 Å². The van der Waals surface area contributed by atoms with Gasteiger partial charge in [-0.15, -0.1) is 0 Å². The number of nitrogens with one attached hydrogen (secondary N) is 2. The van der Waals surface area contributed by atoms with Crippen molar-refractivity contribution in [3.05, 3.63) is 76.4 Å². The molecular weight excluding hydrogens is 659 g/mol. The molecule has 0 atom stereocenters. The number of ether oxygens (including phenoxy) is 5. The monoisotopic (exact) mass is 696 g/mol. The highest BCUT2D eigenvalue weighted by Gasteiger charge is 2.21. The van der Waals surface area contributed by atoms with Gasteiger partial charge in [-0.3, -0.25) is 4.79 Å². The second-order valence-corrected chi connectivity index (χ2v) is 11.7. The lowest BCUT2D eigenvalue weighted by Crippen LogP contribution is -2.44. The minimum atomic E-state index is -0.577. The zero-order valence-electron chi connectivity index (χ0n) is 27.2. The molecule has 0 spiro atoms. The molecule has 1 aromatic heterocycles. The number of piperazine rings is 1. The summed E-state index contributed by atoms with van der Waals surface area (Å²) in [5.74, 6) is 1.93. The first-order valence-corrected chi connectivity index (χ1v) is 16.0. The molecule has 0 radical (unpaired) electrons. The molecule has 48 heavy (non-hydrogen) atoms. The average molecular weight is 698 g/mol. The zero-order valence-corrected chi connectivity index (χ0v) is 28.7. The molecule has 0 unspecified atom stereocenters. The predicted octanol–water partition coefficient (Wildman–Crippen LogP) is 6.61. The fourth-order valence-corrected chi connectivity index (χ4v) is 5.48. The van der Waals surface area contributed by atoms with E-state index in [1.54, 1.807) is 75.9 Å². The van der Waals surface area contributed by atoms with Crippen LogP contribution in [0.3, 0.4) is 0 Å². The van der Waals surface area contributed by atoms with Gasteiger partial charge in [0.15, 0.2) is 11.5 Å². The number of nitrogens with zero attached hydrogens (tertiary/aromatic N) is 4. The largest absolute Gasteiger partial charge is 0.497 e. The Balaban J connectivity index is 1.36. The van der Waals surface area contributed by atoms with Crippen molar-refractivity contribution < 1.29 is 28.5 Å². The van der Waals surface area contributed by atoms with Crippen LogP contribution in [0.5, 0.6) is 34.6 Å². The first kappa shape index (κ1) is 34.8. The van der Waals surface area contributed by atoms with Gasteiger partial charge in [0.25, 0.3) is 5.91 Å². The van der Waals surface area contributed by atoms with Crippen LogP contribution in [0.1, 0.15) is 16.8 Å². The van der Waals surface area contributed by atoms with Gasteiger partial charge in [-0.1, -0.05) is 35.3 Å². The number of likely N-dealkylation sites (N-methyl/N-ethyl adjacent to an activating group) is 1. The summed E-state index contributed by atoms with van der Waals surface area (Å²) >= 11 is 12.6. The summed E-state index contributed by atoms with van der Waals surface area (Å²) < 4.78 is 28.9. The van der Waals surface area contributed by atoms with Gasteiger partial charge in [0.2, 0.25) is 17.6 Å². The standard InChI is InChI=1S/C34H38Cl2N6O6/c1-41-13-15-42(16-14-41)12-7-17-47-31-28(45-3)18-22(19-29(31)46-4)38-34-37-21-25(32(43)39-30-26(35)10-6-11-27(30)36)33(40-34)48-24-9-5-8-23(20-24)44-2/h5-6,8-11,18-21H,7,12-17H2,1-4H3,(H,39,43)(H,37,38,40). The number of benzene rings is 3. The Bertz CT molecular complexity index is 1670. The lowest BCUT2D eigenvalue weighted by atomic mass is 10.2. The van der Waals surface area contributed by atoms with Crippen molar-refractivity contribution >= 4 is 46.4 Å². The van der Waals surface area contributed by atoms with Crippen LogP contribution in [0.2, 0.25) is 10.0 Å². The Morgan fingerprint density at radius 1 is 0.896 bits per heavy atom. The van der Waals surface area contributed by atoms with E-state index in [1.165, 1.54) is 6.20 Å². The molecule has 0 aliphatic carbocycles. The van der Waals surface area contributed by atoms with Crippen LogP contribution in [0.25, 0.3) is 0 Å². The normalized spacial score (nSPS) is 13.5. The van der Waals surface area contributed by atoms with E-state index in [1.807, 2.05) is 0 Å². The van der Waals surface area contributed by atoms with Crippen LogP contribution < -0.4 is 34.3 Å². The third-order valence-corrected chi connectivity index (χ3v) is 8.26. The Labute approximate surface area is 289 Å². The van der Waals surface area contributed by atoms with Gasteiger partial charge in [0.1, 0.15) is 17.1 Å². The fraction of sp³-hybridized carbons (Fsp3) is 0.324. The van der Waals surface area contributed by atoms with Gasteiger partial charge in [-0.25, -0.2) is 4.98 Å². The third-order valence-electron chi connectivity index (χ3n) is 7.63. The number of methoxy groups -OCH3 is 3. The van der Waals surface area contributed by atoms with Crippen LogP contribution in [-0.2, 0) is 0 Å². The van der Waals surface area contributed by atoms with Gasteiger partial charge in [0, 0.05) is 62.8 Å². The first-order valence-electron chi connectivity index (χ1n) is 15.3. The van der Waals surface area contributed by atoms with Crippen molar-refractivity contribution in [1.82, 2.24) is 19.8 Å². The molecule has 2 N–H and O–H groups in total. The van der Waals surface area contributed by atoms with Crippen molar-refractivity contribution in [1.29, 1.82) is 0 Å². The van der Waals surface area contributed by atoms with Gasteiger partial charge < -0.3 is 44.1 Å². The Kier molecular flexibility index (Phi) is 12.0. The zero-order chi connectivity index (χ0) is 34.0. The molecule has 1 fully saturated rings. The number of rotatable bonds is 14. The number of hydrogen-bond acceptors (Lipinski definition) is 11. The third kappa shape index (κ3) is 8.90. The molecular formula is C34H38Cl2N6O6. The summed E-state index contributed by atoms with van der Waals surface area (Å²) in [5, 5.41) is 6.43. The van der Waals surface area contributed by atoms with Gasteiger partial charge in [-0.2, -0.15) is 4.98 Å². The highest BCUT2D eigenvalue weighted by molar-refractivity contribution is 6.40. The highest BCUT2D eigenvalue weighted by atomic mass is 35.5. The van der Waals surface area contributed by atoms with Crippen molar-refractivity contribution in [2.45, 2.75) is 6.42 Å². The molecule has 3 aromatic carbocycles. The SMILES string of the molecule is COc1cccc(Oc2nc(Nc3cc(OC)c(OCCCN4CCN(C)CC4)c(OC)c3)ncc2C(=O)Nc2c(Cl)cccc2Cl)c1. The summed E-state index contributed by atoms with van der Waals surface area (Å²) in [6.45, 7) is 5.71. The van der Waals surface area contributed by atoms with Crippen LogP contribution in [0, 0.1) is 0 Å². The van der Waals surface area contributed by atoms with Gasteiger partial charge in [0.05, 0.1) is 43.7 Å². The van der Waals surface area contributed by atoms with E-state index in [9.17, 15) is 4.79 Å². The fourth-order valence-electron chi connectivity index (χ4n) is 4.99. The van der Waals surface area contributed by atoms with Crippen LogP contribution in [0.15, 0.2) is 60.8 Å². The molecule has 1 amide bonds. The van der Waals surface area contributed by atoms with E-state index < -0.39 is 5.91 Å². The molecule has 1 saturated heterocycles. The van der Waals surface area contributed by atoms with E-state index in [2.05, 4.69) is 37.4 Å². The topological polar surface area (TPSA) is 120 Å². The van der Waals surface area contributed by atoms with Crippen molar-refractivity contribution in [3.8, 4) is 34.6 Å². The maximum absolute atomic E-state index is 13.5. The van der Waals surface area contributed by atoms with E-state index in [-0.39, 0.29) is 33.1 Å². The number of carbonyl (C=O) groups excluding carboxylic acids is 1. The van der Waals surface area contributed by atoms with Gasteiger partial charge in [-0.05, 0) is 37.7 Å². The number of anilines is 3. The summed E-state index contributed by atoms with van der Waals surface area (Å²) in [6.07, 6.45) is 2.21. The number of hydrogen-bond donors (Lipinski definition) is 2. The molecule has 4 aromatic rings. The molecule has 254 valence electrons. The second kappa shape index (κ2) is 16.6. The first-order chi connectivity index (χ1) is 23.3. The lowest BCUT2D eigenvalue weighted by Gasteiger charge is -2.32. The molecule has 1 aliphatic rings. The molecule has 2 heterocycles. The van der Waals surface area contributed by atoms with E-state index in [0.29, 0.717) is 41.0 Å². The maximum Gasteiger partial charge on any atom is 0.262 e. The Hall–Kier alpha value is -4.49. The number of carbonyl (C=O) groups is 1. The maximum atomic E-state index is 13.5. The number of para-hydroxylation sites is 1. The molecule has 0 saturated carbocycles. The summed E-state index contributed by atoms with van der Waals surface area (Å²) in [7, 11) is 6.81. The second-order valence-electron chi connectivity index (χ2n) is 10.9. The van der Waals surface area contributed by atoms with Crippen LogP contribution in [0.4, 0.5) is 17.3 Å².